The number of hydrogen-bond donors (Lipinski definition) is 2. The molecule has 0 aromatic heterocycles. The molecule has 0 radical (unpaired) electrons. The first-order valence-corrected chi connectivity index (χ1v) is 12.4. The largest absolute Gasteiger partial charge is 0.544 e. The van der Waals surface area contributed by atoms with Crippen LogP contribution in [0.3, 0.4) is 0 Å². The Bertz CT molecular complexity index is 534. The molecule has 0 heterocycles. The minimum Gasteiger partial charge on any atom is -0.544 e. The molecular formula is C25H45NO6. The number of carbonyl (C=O) groups is 3. The molecule has 3 unspecified atom stereocenters. The molecule has 2 N–H and O–H groups in total. The normalized spacial score (nSPS) is 16.4. The summed E-state index contributed by atoms with van der Waals surface area (Å²) >= 11 is 0. The number of quaternary nitrogens is 1. The number of carboxylic acid groups (broad SMARTS) is 3. The van der Waals surface area contributed by atoms with Crippen LogP contribution in [0.5, 0.6) is 0 Å². The first-order chi connectivity index (χ1) is 15.2. The van der Waals surface area contributed by atoms with Crippen molar-refractivity contribution >= 4 is 17.9 Å². The van der Waals surface area contributed by atoms with Crippen LogP contribution < -0.4 is 5.11 Å². The van der Waals surface area contributed by atoms with Gasteiger partial charge in [-0.05, 0) is 32.6 Å². The Balaban J connectivity index is 5.30. The fourth-order valence-electron chi connectivity index (χ4n) is 5.14. The minimum absolute atomic E-state index is 0.128. The lowest BCUT2D eigenvalue weighted by atomic mass is 9.93. The maximum atomic E-state index is 12.1. The molecule has 0 saturated carbocycles. The third kappa shape index (κ3) is 8.93. The molecule has 3 atom stereocenters. The van der Waals surface area contributed by atoms with Gasteiger partial charge in [-0.1, -0.05) is 65.0 Å². The highest BCUT2D eigenvalue weighted by molar-refractivity contribution is 5.77. The van der Waals surface area contributed by atoms with Crippen molar-refractivity contribution in [2.45, 2.75) is 123 Å². The number of rotatable bonds is 20. The number of nitrogens with zero attached hydrogens (tertiary/aromatic N) is 1. The van der Waals surface area contributed by atoms with Crippen molar-refractivity contribution in [3.8, 4) is 0 Å². The lowest BCUT2D eigenvalue weighted by Crippen LogP contribution is -2.73. The summed E-state index contributed by atoms with van der Waals surface area (Å²) in [6.07, 6.45) is 14.1. The van der Waals surface area contributed by atoms with Crippen molar-refractivity contribution in [3.63, 3.8) is 0 Å². The van der Waals surface area contributed by atoms with Gasteiger partial charge in [0.15, 0.2) is 12.1 Å². The Morgan fingerprint density at radius 1 is 0.750 bits per heavy atom. The second-order valence-electron chi connectivity index (χ2n) is 8.67. The van der Waals surface area contributed by atoms with Crippen LogP contribution in [0.25, 0.3) is 0 Å². The Morgan fingerprint density at radius 2 is 1.16 bits per heavy atom. The minimum atomic E-state index is -1.37. The topological polar surface area (TPSA) is 115 Å². The van der Waals surface area contributed by atoms with E-state index in [9.17, 15) is 29.7 Å². The summed E-state index contributed by atoms with van der Waals surface area (Å²) in [6, 6.07) is -3.37. The smallest absolute Gasteiger partial charge is 0.362 e. The van der Waals surface area contributed by atoms with E-state index in [-0.39, 0.29) is 25.8 Å². The van der Waals surface area contributed by atoms with E-state index < -0.39 is 40.5 Å². The maximum absolute atomic E-state index is 12.1. The van der Waals surface area contributed by atoms with Gasteiger partial charge in [0.05, 0.1) is 12.5 Å². The SMILES string of the molecule is C/C=C/CCCCCCCCCC[N+](C(CC)C(=O)[O-])(C(CC)C(=O)O)C(CC)C(=O)O. The van der Waals surface area contributed by atoms with E-state index >= 15 is 0 Å². The van der Waals surface area contributed by atoms with E-state index in [0.717, 1.165) is 32.1 Å². The molecule has 7 nitrogen and oxygen atoms in total. The molecule has 32 heavy (non-hydrogen) atoms. The Labute approximate surface area is 194 Å². The van der Waals surface area contributed by atoms with Crippen molar-refractivity contribution in [2.24, 2.45) is 0 Å². The second kappa shape index (κ2) is 16.7. The van der Waals surface area contributed by atoms with Gasteiger partial charge in [-0.2, -0.15) is 0 Å². The van der Waals surface area contributed by atoms with E-state index in [1.807, 2.05) is 6.92 Å². The monoisotopic (exact) mass is 455 g/mol. The Hall–Kier alpha value is -1.89. The van der Waals surface area contributed by atoms with Crippen LogP contribution in [0.2, 0.25) is 0 Å². The van der Waals surface area contributed by atoms with E-state index in [4.69, 9.17) is 0 Å². The van der Waals surface area contributed by atoms with Crippen LogP contribution in [-0.4, -0.2) is 57.3 Å². The molecule has 0 spiro atoms. The summed E-state index contributed by atoms with van der Waals surface area (Å²) < 4.78 is -0.471. The van der Waals surface area contributed by atoms with E-state index in [1.54, 1.807) is 20.8 Å². The molecule has 0 aliphatic carbocycles. The van der Waals surface area contributed by atoms with Crippen molar-refractivity contribution in [2.75, 3.05) is 6.54 Å². The number of allylic oxidation sites excluding steroid dienone is 2. The van der Waals surface area contributed by atoms with Gasteiger partial charge in [0.25, 0.3) is 0 Å². The number of carbonyl (C=O) groups excluding carboxylic acids is 1. The highest BCUT2D eigenvalue weighted by atomic mass is 16.4. The zero-order chi connectivity index (χ0) is 24.6. The number of unbranched alkanes of at least 4 members (excludes halogenated alkanes) is 8. The van der Waals surface area contributed by atoms with Crippen LogP contribution in [0.4, 0.5) is 0 Å². The van der Waals surface area contributed by atoms with E-state index in [0.29, 0.717) is 6.42 Å². The highest BCUT2D eigenvalue weighted by Gasteiger charge is 2.53. The zero-order valence-electron chi connectivity index (χ0n) is 20.6. The van der Waals surface area contributed by atoms with Crippen LogP contribution in [0.15, 0.2) is 12.2 Å². The fraction of sp³-hybridized carbons (Fsp3) is 0.800. The molecule has 0 amide bonds. The van der Waals surface area contributed by atoms with Crippen LogP contribution in [-0.2, 0) is 14.4 Å². The molecule has 0 aromatic rings. The fourth-order valence-corrected chi connectivity index (χ4v) is 5.14. The zero-order valence-corrected chi connectivity index (χ0v) is 20.6. The average Bonchev–Trinajstić information content (AvgIpc) is 2.72. The van der Waals surface area contributed by atoms with Gasteiger partial charge in [-0.15, -0.1) is 0 Å². The van der Waals surface area contributed by atoms with E-state index in [2.05, 4.69) is 12.2 Å². The Morgan fingerprint density at radius 3 is 1.50 bits per heavy atom. The molecule has 0 saturated heterocycles. The van der Waals surface area contributed by atoms with Crippen LogP contribution >= 0.6 is 0 Å². The predicted octanol–water partition coefficient (Wildman–Crippen LogP) is 4.15. The summed E-state index contributed by atoms with van der Waals surface area (Å²) in [5.74, 6) is -3.67. The summed E-state index contributed by atoms with van der Waals surface area (Å²) in [4.78, 5) is 36.3. The lowest BCUT2D eigenvalue weighted by molar-refractivity contribution is -0.974. The third-order valence-electron chi connectivity index (χ3n) is 6.65. The molecule has 0 bridgehead atoms. The summed E-state index contributed by atoms with van der Waals surface area (Å²) in [5, 5.41) is 31.9. The molecule has 0 fully saturated rings. The highest BCUT2D eigenvalue weighted by Crippen LogP contribution is 2.32. The van der Waals surface area contributed by atoms with Gasteiger partial charge in [0.1, 0.15) is 6.04 Å². The van der Waals surface area contributed by atoms with E-state index in [1.165, 1.54) is 19.3 Å². The average molecular weight is 456 g/mol. The van der Waals surface area contributed by atoms with Gasteiger partial charge < -0.3 is 20.1 Å². The quantitative estimate of drug-likeness (QED) is 0.162. The first kappa shape index (κ1) is 30.1. The molecular weight excluding hydrogens is 410 g/mol. The number of aliphatic carboxylic acids is 3. The number of hydrogen-bond acceptors (Lipinski definition) is 4. The molecule has 0 aliphatic rings. The molecule has 7 heteroatoms. The van der Waals surface area contributed by atoms with Crippen LogP contribution in [0, 0.1) is 0 Å². The van der Waals surface area contributed by atoms with Crippen molar-refractivity contribution in [1.82, 2.24) is 0 Å². The van der Waals surface area contributed by atoms with Gasteiger partial charge in [-0.3, -0.25) is 4.48 Å². The number of carboxylic acids is 3. The molecule has 186 valence electrons. The molecule has 0 aliphatic heterocycles. The standard InChI is InChI=1S/C25H45NO6/c1-5-9-10-11-12-13-14-15-16-17-18-19-26(20(6-2)23(27)28,21(7-3)24(29)30)22(8-4)25(31)32/h5,9,20-22H,6-8,10-19H2,1-4H3,(H2-,27,28,29,30,31,32)/b9-5+. The van der Waals surface area contributed by atoms with Crippen molar-refractivity contribution in [1.29, 1.82) is 0 Å². The maximum Gasteiger partial charge on any atom is 0.362 e. The lowest BCUT2D eigenvalue weighted by Gasteiger charge is -2.51. The van der Waals surface area contributed by atoms with Crippen molar-refractivity contribution < 1.29 is 34.2 Å². The Kier molecular flexibility index (Phi) is 15.7. The van der Waals surface area contributed by atoms with Gasteiger partial charge in [0, 0.05) is 19.3 Å². The van der Waals surface area contributed by atoms with Gasteiger partial charge >= 0.3 is 11.9 Å². The summed E-state index contributed by atoms with van der Waals surface area (Å²) in [7, 11) is 0. The second-order valence-corrected chi connectivity index (χ2v) is 8.67. The molecule has 0 aromatic carbocycles. The third-order valence-corrected chi connectivity index (χ3v) is 6.65. The van der Waals surface area contributed by atoms with Gasteiger partial charge in [0.2, 0.25) is 0 Å². The predicted molar refractivity (Wildman–Crippen MR) is 124 cm³/mol. The first-order valence-electron chi connectivity index (χ1n) is 12.4. The van der Waals surface area contributed by atoms with Crippen LogP contribution in [0.1, 0.15) is 105 Å². The van der Waals surface area contributed by atoms with Gasteiger partial charge in [-0.25, -0.2) is 9.59 Å². The summed E-state index contributed by atoms with van der Waals surface area (Å²) in [5.41, 5.74) is 0. The molecule has 0 rings (SSSR count). The van der Waals surface area contributed by atoms with Crippen molar-refractivity contribution in [3.05, 3.63) is 12.2 Å². The summed E-state index contributed by atoms with van der Waals surface area (Å²) in [6.45, 7) is 7.26.